The fourth-order valence-electron chi connectivity index (χ4n) is 1.76. The van der Waals surface area contributed by atoms with Gasteiger partial charge in [-0.2, -0.15) is 0 Å². The standard InChI is InChI=1S/C11H22N2S/c1-2-3-8-12-11(14)13-9-6-4-5-7-10-13/h2-10H2,1H3,(H,12,14). The van der Waals surface area contributed by atoms with Crippen LogP contribution in [0.25, 0.3) is 0 Å². The molecular weight excluding hydrogens is 192 g/mol. The molecule has 0 spiro atoms. The number of rotatable bonds is 3. The summed E-state index contributed by atoms with van der Waals surface area (Å²) in [7, 11) is 0. The molecule has 1 saturated heterocycles. The van der Waals surface area contributed by atoms with Crippen molar-refractivity contribution in [2.24, 2.45) is 0 Å². The van der Waals surface area contributed by atoms with Crippen molar-refractivity contribution >= 4 is 17.3 Å². The molecular formula is C11H22N2S. The molecule has 0 aromatic rings. The number of thiocarbonyl (C=S) groups is 1. The van der Waals surface area contributed by atoms with Crippen LogP contribution in [0.1, 0.15) is 45.4 Å². The quantitative estimate of drug-likeness (QED) is 0.574. The van der Waals surface area contributed by atoms with E-state index < -0.39 is 0 Å². The number of nitrogens with zero attached hydrogens (tertiary/aromatic N) is 1. The highest BCUT2D eigenvalue weighted by atomic mass is 32.1. The van der Waals surface area contributed by atoms with E-state index in [1.807, 2.05) is 0 Å². The van der Waals surface area contributed by atoms with Crippen molar-refractivity contribution < 1.29 is 0 Å². The Morgan fingerprint density at radius 2 is 1.86 bits per heavy atom. The fourth-order valence-corrected chi connectivity index (χ4v) is 2.04. The highest BCUT2D eigenvalue weighted by Gasteiger charge is 2.10. The molecule has 2 nitrogen and oxygen atoms in total. The van der Waals surface area contributed by atoms with Gasteiger partial charge in [0, 0.05) is 19.6 Å². The molecule has 1 aliphatic heterocycles. The molecule has 0 aromatic heterocycles. The monoisotopic (exact) mass is 214 g/mol. The molecule has 14 heavy (non-hydrogen) atoms. The molecule has 1 heterocycles. The first-order valence-electron chi connectivity index (χ1n) is 5.87. The SMILES string of the molecule is CCCCNC(=S)N1CCCCCC1. The van der Waals surface area contributed by atoms with Gasteiger partial charge in [0.1, 0.15) is 0 Å². The first kappa shape index (κ1) is 11.8. The zero-order chi connectivity index (χ0) is 10.2. The molecule has 0 radical (unpaired) electrons. The molecule has 0 aliphatic carbocycles. The maximum atomic E-state index is 5.36. The molecule has 0 aromatic carbocycles. The number of hydrogen-bond acceptors (Lipinski definition) is 1. The lowest BCUT2D eigenvalue weighted by Crippen LogP contribution is -2.40. The molecule has 0 saturated carbocycles. The van der Waals surface area contributed by atoms with Gasteiger partial charge in [-0.1, -0.05) is 26.2 Å². The lowest BCUT2D eigenvalue weighted by atomic mass is 10.2. The Kier molecular flexibility index (Phi) is 5.92. The van der Waals surface area contributed by atoms with Crippen molar-refractivity contribution in [3.63, 3.8) is 0 Å². The summed E-state index contributed by atoms with van der Waals surface area (Å²) in [5, 5.41) is 4.31. The van der Waals surface area contributed by atoms with Gasteiger partial charge in [-0.3, -0.25) is 0 Å². The third-order valence-electron chi connectivity index (χ3n) is 2.70. The normalized spacial score (nSPS) is 17.6. The fraction of sp³-hybridized carbons (Fsp3) is 0.909. The molecule has 1 aliphatic rings. The molecule has 1 N–H and O–H groups in total. The Balaban J connectivity index is 2.20. The third kappa shape index (κ3) is 4.27. The van der Waals surface area contributed by atoms with Crippen molar-refractivity contribution in [1.82, 2.24) is 10.2 Å². The Labute approximate surface area is 93.1 Å². The summed E-state index contributed by atoms with van der Waals surface area (Å²) in [5.41, 5.74) is 0. The summed E-state index contributed by atoms with van der Waals surface area (Å²) in [4.78, 5) is 2.33. The van der Waals surface area contributed by atoms with E-state index >= 15 is 0 Å². The van der Waals surface area contributed by atoms with Crippen LogP contribution >= 0.6 is 12.2 Å². The van der Waals surface area contributed by atoms with Crippen LogP contribution in [0.5, 0.6) is 0 Å². The van der Waals surface area contributed by atoms with Gasteiger partial charge < -0.3 is 10.2 Å². The minimum absolute atomic E-state index is 0.973. The maximum Gasteiger partial charge on any atom is 0.168 e. The van der Waals surface area contributed by atoms with Crippen molar-refractivity contribution in [3.8, 4) is 0 Å². The Bertz CT molecular complexity index is 163. The third-order valence-corrected chi connectivity index (χ3v) is 3.10. The first-order valence-corrected chi connectivity index (χ1v) is 6.28. The van der Waals surface area contributed by atoms with Gasteiger partial charge in [0.05, 0.1) is 0 Å². The smallest absolute Gasteiger partial charge is 0.168 e. The van der Waals surface area contributed by atoms with Crippen LogP contribution < -0.4 is 5.32 Å². The number of nitrogens with one attached hydrogen (secondary N) is 1. The van der Waals surface area contributed by atoms with Crippen molar-refractivity contribution in [2.45, 2.75) is 45.4 Å². The second-order valence-electron chi connectivity index (χ2n) is 3.99. The zero-order valence-corrected chi connectivity index (χ0v) is 10.0. The van der Waals surface area contributed by atoms with Gasteiger partial charge >= 0.3 is 0 Å². The number of unbranched alkanes of at least 4 members (excludes halogenated alkanes) is 1. The maximum absolute atomic E-state index is 5.36. The predicted molar refractivity (Wildman–Crippen MR) is 65.5 cm³/mol. The van der Waals surface area contributed by atoms with Crippen molar-refractivity contribution in [3.05, 3.63) is 0 Å². The van der Waals surface area contributed by atoms with E-state index in [-0.39, 0.29) is 0 Å². The van der Waals surface area contributed by atoms with E-state index in [0.717, 1.165) is 24.7 Å². The van der Waals surface area contributed by atoms with E-state index in [1.54, 1.807) is 0 Å². The molecule has 1 rings (SSSR count). The molecule has 0 atom stereocenters. The average molecular weight is 214 g/mol. The van der Waals surface area contributed by atoms with Crippen molar-refractivity contribution in [2.75, 3.05) is 19.6 Å². The topological polar surface area (TPSA) is 15.3 Å². The Hall–Kier alpha value is -0.310. The first-order chi connectivity index (χ1) is 6.84. The summed E-state index contributed by atoms with van der Waals surface area (Å²) in [5.74, 6) is 0. The lowest BCUT2D eigenvalue weighted by Gasteiger charge is -2.23. The van der Waals surface area contributed by atoms with Crippen LogP contribution in [0.4, 0.5) is 0 Å². The van der Waals surface area contributed by atoms with Gasteiger partial charge in [-0.25, -0.2) is 0 Å². The van der Waals surface area contributed by atoms with Crippen LogP contribution in [0, 0.1) is 0 Å². The zero-order valence-electron chi connectivity index (χ0n) is 9.22. The summed E-state index contributed by atoms with van der Waals surface area (Å²) in [6.07, 6.45) is 7.79. The van der Waals surface area contributed by atoms with Gasteiger partial charge in [0.25, 0.3) is 0 Å². The van der Waals surface area contributed by atoms with Crippen LogP contribution in [0.15, 0.2) is 0 Å². The van der Waals surface area contributed by atoms with Gasteiger partial charge in [0.2, 0.25) is 0 Å². The lowest BCUT2D eigenvalue weighted by molar-refractivity contribution is 0.426. The van der Waals surface area contributed by atoms with E-state index in [9.17, 15) is 0 Å². The summed E-state index contributed by atoms with van der Waals surface area (Å²) >= 11 is 5.36. The number of hydrogen-bond donors (Lipinski definition) is 1. The Morgan fingerprint density at radius 1 is 1.21 bits per heavy atom. The minimum atomic E-state index is 0.973. The second kappa shape index (κ2) is 7.04. The molecule has 3 heteroatoms. The summed E-state index contributed by atoms with van der Waals surface area (Å²) in [6, 6.07) is 0. The molecule has 0 amide bonds. The van der Waals surface area contributed by atoms with E-state index in [0.29, 0.717) is 0 Å². The van der Waals surface area contributed by atoms with E-state index in [2.05, 4.69) is 17.1 Å². The van der Waals surface area contributed by atoms with Gasteiger partial charge in [-0.05, 0) is 31.5 Å². The van der Waals surface area contributed by atoms with Gasteiger partial charge in [0.15, 0.2) is 5.11 Å². The van der Waals surface area contributed by atoms with Crippen molar-refractivity contribution in [1.29, 1.82) is 0 Å². The average Bonchev–Trinajstić information content (AvgIpc) is 2.46. The Morgan fingerprint density at radius 3 is 2.43 bits per heavy atom. The van der Waals surface area contributed by atoms with Crippen LogP contribution in [0.3, 0.4) is 0 Å². The minimum Gasteiger partial charge on any atom is -0.363 e. The van der Waals surface area contributed by atoms with Gasteiger partial charge in [-0.15, -0.1) is 0 Å². The highest BCUT2D eigenvalue weighted by molar-refractivity contribution is 7.80. The van der Waals surface area contributed by atoms with E-state index in [1.165, 1.54) is 38.5 Å². The largest absolute Gasteiger partial charge is 0.363 e. The van der Waals surface area contributed by atoms with Crippen LogP contribution in [0.2, 0.25) is 0 Å². The highest BCUT2D eigenvalue weighted by Crippen LogP contribution is 2.09. The van der Waals surface area contributed by atoms with E-state index in [4.69, 9.17) is 12.2 Å². The number of likely N-dealkylation sites (tertiary alicyclic amines) is 1. The second-order valence-corrected chi connectivity index (χ2v) is 4.37. The molecule has 0 unspecified atom stereocenters. The van der Waals surface area contributed by atoms with Crippen LogP contribution in [-0.2, 0) is 0 Å². The molecule has 82 valence electrons. The molecule has 0 bridgehead atoms. The van der Waals surface area contributed by atoms with Crippen LogP contribution in [-0.4, -0.2) is 29.6 Å². The summed E-state index contributed by atoms with van der Waals surface area (Å²) in [6.45, 7) is 5.54. The predicted octanol–water partition coefficient (Wildman–Crippen LogP) is 2.54. The molecule has 1 fully saturated rings. The summed E-state index contributed by atoms with van der Waals surface area (Å²) < 4.78 is 0.